The predicted molar refractivity (Wildman–Crippen MR) is 447 cm³/mol. The molecule has 17 heteroatoms. The van der Waals surface area contributed by atoms with Gasteiger partial charge in [0.1, 0.15) is 35.1 Å². The molecule has 0 fully saturated rings. The molecular weight excluding hydrogens is 1360 g/mol. The highest BCUT2D eigenvalue weighted by Crippen LogP contribution is 2.46. The molecule has 4 amide bonds. The first kappa shape index (κ1) is 79.0. The Morgan fingerprint density at radius 1 is 0.376 bits per heavy atom. The lowest BCUT2D eigenvalue weighted by atomic mass is 9.78. The van der Waals surface area contributed by atoms with Gasteiger partial charge in [-0.15, -0.1) is 0 Å². The fraction of sp³-hybridized carbons (Fsp3) is 0.359. The van der Waals surface area contributed by atoms with Gasteiger partial charge in [0.05, 0.1) is 73.8 Å². The van der Waals surface area contributed by atoms with Crippen molar-refractivity contribution in [2.45, 2.75) is 177 Å². The van der Waals surface area contributed by atoms with Crippen molar-refractivity contribution in [3.8, 4) is 67.5 Å². The van der Waals surface area contributed by atoms with Crippen LogP contribution in [-0.2, 0) is 42.1 Å². The molecule has 4 aromatic heterocycles. The van der Waals surface area contributed by atoms with E-state index in [1.807, 2.05) is 19.9 Å². The highest BCUT2D eigenvalue weighted by atomic mass is 16.5. The molecule has 0 spiro atoms. The Morgan fingerprint density at radius 2 is 0.697 bits per heavy atom. The van der Waals surface area contributed by atoms with Crippen molar-refractivity contribution in [2.24, 2.45) is 0 Å². The molecule has 8 bridgehead atoms. The number of aromatic amines is 2. The third kappa shape index (κ3) is 17.0. The molecule has 0 aliphatic carbocycles. The van der Waals surface area contributed by atoms with E-state index in [9.17, 15) is 14.4 Å². The SMILES string of the molecule is CCN(CC)C(=O)CC(=O)Nc1cc(C(=O)Nc2cc(NC(=O)c3cc(-c4c5nc(c(-c6cc(C(C)(C)C)cc(C(C)(C)C)c6)c6ccc([nH]6)c(-c6cc(C(C)(C)C)cc(C(C)(C)C)c6)c6nc(c(-c7cc(C(C)(C)C)cc(C(C)(C)C)c7)c7ccc4[nH]7)C=C6)C=C5)ccn3)c(OC)cc2OC)c(OC)cc1OC. The van der Waals surface area contributed by atoms with Gasteiger partial charge in [-0.25, -0.2) is 9.97 Å². The van der Waals surface area contributed by atoms with Crippen molar-refractivity contribution in [2.75, 3.05) is 57.5 Å². The Kier molecular flexibility index (Phi) is 21.9. The molecule has 5 aromatic carbocycles. The molecule has 109 heavy (non-hydrogen) atoms. The average Bonchev–Trinajstić information content (AvgIpc) is 1.63. The van der Waals surface area contributed by atoms with E-state index < -0.39 is 24.1 Å². The Balaban J connectivity index is 1.14. The largest absolute Gasteiger partial charge is 0.496 e. The zero-order chi connectivity index (χ0) is 79.4. The monoisotopic (exact) mass is 1470 g/mol. The fourth-order valence-electron chi connectivity index (χ4n) is 13.7. The number of hydrogen-bond donors (Lipinski definition) is 5. The number of carbonyl (C=O) groups excluding carboxylic acids is 4. The molecule has 2 aliphatic heterocycles. The van der Waals surface area contributed by atoms with Crippen LogP contribution in [0.3, 0.4) is 0 Å². The van der Waals surface area contributed by atoms with Crippen molar-refractivity contribution >= 4 is 87.1 Å². The minimum Gasteiger partial charge on any atom is -0.496 e. The lowest BCUT2D eigenvalue weighted by molar-refractivity contribution is -0.134. The summed E-state index contributed by atoms with van der Waals surface area (Å²) < 4.78 is 23.0. The van der Waals surface area contributed by atoms with Gasteiger partial charge in [-0.1, -0.05) is 179 Å². The maximum Gasteiger partial charge on any atom is 0.274 e. The minimum atomic E-state index is -0.670. The lowest BCUT2D eigenvalue weighted by Crippen LogP contribution is -2.33. The third-order valence-electron chi connectivity index (χ3n) is 20.4. The molecule has 9 aromatic rings. The van der Waals surface area contributed by atoms with Crippen LogP contribution in [0.25, 0.3) is 90.9 Å². The maximum atomic E-state index is 15.2. The van der Waals surface area contributed by atoms with Crippen molar-refractivity contribution < 1.29 is 38.1 Å². The number of methoxy groups -OCH3 is 4. The molecule has 0 unspecified atom stereocenters. The quantitative estimate of drug-likeness (QED) is 0.0541. The summed E-state index contributed by atoms with van der Waals surface area (Å²) in [6, 6.07) is 39.2. The van der Waals surface area contributed by atoms with Gasteiger partial charge in [-0.3, -0.25) is 24.2 Å². The molecule has 6 heterocycles. The Labute approximate surface area is 642 Å². The number of amides is 4. The van der Waals surface area contributed by atoms with Crippen LogP contribution in [0.15, 0.2) is 121 Å². The van der Waals surface area contributed by atoms with Gasteiger partial charge >= 0.3 is 0 Å². The van der Waals surface area contributed by atoms with Gasteiger partial charge in [0.15, 0.2) is 0 Å². The van der Waals surface area contributed by atoms with E-state index >= 15 is 4.79 Å². The van der Waals surface area contributed by atoms with Crippen molar-refractivity contribution in [3.05, 3.63) is 189 Å². The summed E-state index contributed by atoms with van der Waals surface area (Å²) in [4.78, 5) is 81.9. The van der Waals surface area contributed by atoms with E-state index in [1.54, 1.807) is 23.2 Å². The van der Waals surface area contributed by atoms with Gasteiger partial charge < -0.3 is 49.8 Å². The van der Waals surface area contributed by atoms with Crippen LogP contribution in [-0.4, -0.2) is 95.0 Å². The Hall–Kier alpha value is -11.1. The van der Waals surface area contributed by atoms with Crippen molar-refractivity contribution in [1.82, 2.24) is 29.8 Å². The Morgan fingerprint density at radius 3 is 1.03 bits per heavy atom. The van der Waals surface area contributed by atoms with E-state index in [0.29, 0.717) is 29.9 Å². The first-order valence-corrected chi connectivity index (χ1v) is 37.5. The molecule has 11 rings (SSSR count). The van der Waals surface area contributed by atoms with E-state index in [4.69, 9.17) is 33.9 Å². The highest BCUT2D eigenvalue weighted by molar-refractivity contribution is 6.11. The molecule has 0 radical (unpaired) electrons. The van der Waals surface area contributed by atoms with E-state index in [2.05, 4.69) is 254 Å². The second kappa shape index (κ2) is 30.2. The summed E-state index contributed by atoms with van der Waals surface area (Å²) in [7, 11) is 5.71. The van der Waals surface area contributed by atoms with E-state index in [-0.39, 0.29) is 89.7 Å². The summed E-state index contributed by atoms with van der Waals surface area (Å²) >= 11 is 0. The van der Waals surface area contributed by atoms with Gasteiger partial charge in [0, 0.05) is 75.7 Å². The van der Waals surface area contributed by atoms with Gasteiger partial charge in [-0.2, -0.15) is 0 Å². The summed E-state index contributed by atoms with van der Waals surface area (Å²) in [6.07, 6.45) is 9.67. The van der Waals surface area contributed by atoms with Gasteiger partial charge in [-0.05, 0) is 175 Å². The number of carbonyl (C=O) groups is 4. The average molecular weight is 1470 g/mol. The summed E-state index contributed by atoms with van der Waals surface area (Å²) in [6.45, 7) is 45.3. The topological polar surface area (TPSA) is 215 Å². The molecule has 568 valence electrons. The second-order valence-electron chi connectivity index (χ2n) is 34.5. The number of aromatic nitrogens is 5. The molecule has 0 saturated carbocycles. The van der Waals surface area contributed by atoms with E-state index in [0.717, 1.165) is 72.5 Å². The fourth-order valence-corrected chi connectivity index (χ4v) is 13.7. The molecular formula is C92H107N9O8. The van der Waals surface area contributed by atoms with Gasteiger partial charge in [0.2, 0.25) is 11.8 Å². The smallest absolute Gasteiger partial charge is 0.274 e. The molecule has 0 saturated heterocycles. The number of ether oxygens (including phenoxy) is 4. The minimum absolute atomic E-state index is 0.00721. The van der Waals surface area contributed by atoms with Crippen molar-refractivity contribution in [3.63, 3.8) is 0 Å². The Bertz CT molecular complexity index is 5160. The second-order valence-corrected chi connectivity index (χ2v) is 34.5. The first-order chi connectivity index (χ1) is 51.1. The number of hydrogen-bond acceptors (Lipinski definition) is 11. The summed E-state index contributed by atoms with van der Waals surface area (Å²) in [5.41, 5.74) is 19.9. The number of H-pyrrole nitrogens is 2. The number of fused-ring (bicyclic) bond motifs is 8. The molecule has 17 nitrogen and oxygen atoms in total. The van der Waals surface area contributed by atoms with E-state index in [1.165, 1.54) is 80.0 Å². The zero-order valence-corrected chi connectivity index (χ0v) is 68.0. The number of pyridine rings is 1. The van der Waals surface area contributed by atoms with Crippen LogP contribution in [0.5, 0.6) is 23.0 Å². The number of anilines is 3. The zero-order valence-electron chi connectivity index (χ0n) is 68.0. The van der Waals surface area contributed by atoms with Crippen LogP contribution in [0, 0.1) is 0 Å². The number of rotatable bonds is 17. The number of nitrogens with zero attached hydrogens (tertiary/aromatic N) is 4. The van der Waals surface area contributed by atoms with Crippen LogP contribution in [0.4, 0.5) is 17.1 Å². The van der Waals surface area contributed by atoms with Crippen LogP contribution in [0.1, 0.15) is 222 Å². The standard InChI is InChI=1S/C92H107N9O8/c1-25-101(26-2)80(103)51-79(102)98-71-47-62(75(106-21)49-76(71)107-22)85(104)99-72-48-73(78(109-24)50-77(72)108-23)100-86(105)74-43-52(35-36-93-74)81-63-27-29-65(94-63)82(53-37-56(87(3,4)5)44-57(38-53)88(6,7)8)67-31-33-69(96-67)84(55-41-60(91(15,16)17)46-61(42-55)92(18,19)20)70-34-32-68(97-70)83(66-30-28-64(81)95-66)54-39-58(89(9,10)11)45-59(40-54)90(12,13)14/h27-50,94,97H,25-26,51H2,1-24H3,(H,98,102)(H,99,104)(H,100,105). The maximum absolute atomic E-state index is 15.2. The molecule has 5 N–H and O–H groups in total. The molecule has 0 atom stereocenters. The lowest BCUT2D eigenvalue weighted by Gasteiger charge is -2.26. The van der Waals surface area contributed by atoms with Crippen LogP contribution >= 0.6 is 0 Å². The number of nitrogens with one attached hydrogen (secondary N) is 5. The van der Waals surface area contributed by atoms with Crippen molar-refractivity contribution in [1.29, 1.82) is 0 Å². The van der Waals surface area contributed by atoms with Crippen LogP contribution < -0.4 is 34.9 Å². The number of benzene rings is 5. The van der Waals surface area contributed by atoms with Crippen LogP contribution in [0.2, 0.25) is 0 Å². The first-order valence-electron chi connectivity index (χ1n) is 37.5. The predicted octanol–water partition coefficient (Wildman–Crippen LogP) is 21.2. The summed E-state index contributed by atoms with van der Waals surface area (Å²) in [5.74, 6) is -1.49. The van der Waals surface area contributed by atoms with Gasteiger partial charge in [0.25, 0.3) is 11.8 Å². The summed E-state index contributed by atoms with van der Waals surface area (Å²) in [5, 5.41) is 8.68. The third-order valence-corrected chi connectivity index (χ3v) is 20.4. The normalized spacial score (nSPS) is 12.6. The highest BCUT2D eigenvalue weighted by Gasteiger charge is 2.30. The molecule has 2 aliphatic rings.